The van der Waals surface area contributed by atoms with Crippen LogP contribution in [0.3, 0.4) is 0 Å². The van der Waals surface area contributed by atoms with E-state index in [1.165, 1.54) is 0 Å². The lowest BCUT2D eigenvalue weighted by Crippen LogP contribution is -2.15. The van der Waals surface area contributed by atoms with E-state index in [2.05, 4.69) is 46.5 Å². The summed E-state index contributed by atoms with van der Waals surface area (Å²) in [5, 5.41) is 20.5. The van der Waals surface area contributed by atoms with Crippen LogP contribution in [0.15, 0.2) is 6.20 Å². The smallest absolute Gasteiger partial charge is 0.174 e. The predicted octanol–water partition coefficient (Wildman–Crippen LogP) is 0.945. The fourth-order valence-corrected chi connectivity index (χ4v) is 1.76. The van der Waals surface area contributed by atoms with Crippen molar-refractivity contribution in [2.24, 2.45) is 0 Å². The Morgan fingerprint density at radius 3 is 2.72 bits per heavy atom. The van der Waals surface area contributed by atoms with Gasteiger partial charge in [-0.1, -0.05) is 20.8 Å². The van der Waals surface area contributed by atoms with Crippen LogP contribution in [-0.2, 0) is 12.0 Å². The Morgan fingerprint density at radius 2 is 2.11 bits per heavy atom. The summed E-state index contributed by atoms with van der Waals surface area (Å²) in [4.78, 5) is 1.66. The van der Waals surface area contributed by atoms with Crippen LogP contribution in [0, 0.1) is 0 Å². The number of rotatable bonds is 3. The zero-order valence-corrected chi connectivity index (χ0v) is 10.9. The standard InChI is InChI=1S/C11H17N7/c1-11(2,3)9-6-12-17(14-9)7-10-13-15-16-18(10)8-4-5-8/h6,8H,4-5,7H2,1-3H3. The molecule has 96 valence electrons. The van der Waals surface area contributed by atoms with Crippen LogP contribution >= 0.6 is 0 Å². The van der Waals surface area contributed by atoms with E-state index in [-0.39, 0.29) is 5.41 Å². The van der Waals surface area contributed by atoms with Crippen molar-refractivity contribution in [3.63, 3.8) is 0 Å². The van der Waals surface area contributed by atoms with Gasteiger partial charge in [0.15, 0.2) is 5.82 Å². The Bertz CT molecular complexity index is 544. The van der Waals surface area contributed by atoms with Gasteiger partial charge in [-0.25, -0.2) is 4.68 Å². The first-order valence-corrected chi connectivity index (χ1v) is 6.21. The normalized spacial score (nSPS) is 16.2. The molecule has 7 heteroatoms. The van der Waals surface area contributed by atoms with E-state index in [1.54, 1.807) is 4.80 Å². The van der Waals surface area contributed by atoms with Crippen LogP contribution in [0.5, 0.6) is 0 Å². The third-order valence-electron chi connectivity index (χ3n) is 3.04. The Hall–Kier alpha value is -1.79. The van der Waals surface area contributed by atoms with Crippen molar-refractivity contribution in [1.29, 1.82) is 0 Å². The van der Waals surface area contributed by atoms with E-state index >= 15 is 0 Å². The number of hydrogen-bond donors (Lipinski definition) is 0. The highest BCUT2D eigenvalue weighted by molar-refractivity contribution is 5.06. The third-order valence-corrected chi connectivity index (χ3v) is 3.04. The monoisotopic (exact) mass is 247 g/mol. The Labute approximate surface area is 105 Å². The molecule has 7 nitrogen and oxygen atoms in total. The predicted molar refractivity (Wildman–Crippen MR) is 63.9 cm³/mol. The maximum atomic E-state index is 4.47. The average molecular weight is 247 g/mol. The lowest BCUT2D eigenvalue weighted by Gasteiger charge is -2.13. The second kappa shape index (κ2) is 3.86. The van der Waals surface area contributed by atoms with Crippen molar-refractivity contribution in [1.82, 2.24) is 35.2 Å². The minimum atomic E-state index is 0.0145. The lowest BCUT2D eigenvalue weighted by molar-refractivity contribution is 0.498. The SMILES string of the molecule is CC(C)(C)c1cnn(Cc2nnnn2C2CC2)n1. The van der Waals surface area contributed by atoms with E-state index < -0.39 is 0 Å². The van der Waals surface area contributed by atoms with Gasteiger partial charge >= 0.3 is 0 Å². The van der Waals surface area contributed by atoms with Gasteiger partial charge in [-0.2, -0.15) is 15.0 Å². The Balaban J connectivity index is 1.80. The van der Waals surface area contributed by atoms with Crippen molar-refractivity contribution < 1.29 is 0 Å². The summed E-state index contributed by atoms with van der Waals surface area (Å²) >= 11 is 0. The minimum absolute atomic E-state index is 0.0145. The molecule has 0 unspecified atom stereocenters. The van der Waals surface area contributed by atoms with Crippen molar-refractivity contribution in [3.8, 4) is 0 Å². The fraction of sp³-hybridized carbons (Fsp3) is 0.727. The molecule has 0 N–H and O–H groups in total. The molecule has 1 aliphatic carbocycles. The van der Waals surface area contributed by atoms with E-state index in [9.17, 15) is 0 Å². The van der Waals surface area contributed by atoms with Gasteiger partial charge in [0.25, 0.3) is 0 Å². The van der Waals surface area contributed by atoms with E-state index in [0.717, 1.165) is 24.4 Å². The first-order chi connectivity index (χ1) is 8.54. The molecule has 0 aromatic carbocycles. The van der Waals surface area contributed by atoms with Gasteiger partial charge in [0, 0.05) is 5.41 Å². The molecule has 0 atom stereocenters. The Morgan fingerprint density at radius 1 is 1.33 bits per heavy atom. The summed E-state index contributed by atoms with van der Waals surface area (Å²) in [6.07, 6.45) is 4.14. The molecule has 0 amide bonds. The first-order valence-electron chi connectivity index (χ1n) is 6.21. The number of nitrogens with zero attached hydrogens (tertiary/aromatic N) is 7. The quantitative estimate of drug-likeness (QED) is 0.807. The molecule has 2 aromatic rings. The van der Waals surface area contributed by atoms with E-state index in [1.807, 2.05) is 10.9 Å². The number of tetrazole rings is 1. The highest BCUT2D eigenvalue weighted by Crippen LogP contribution is 2.34. The van der Waals surface area contributed by atoms with Crippen LogP contribution in [0.4, 0.5) is 0 Å². The largest absolute Gasteiger partial charge is 0.225 e. The fourth-order valence-electron chi connectivity index (χ4n) is 1.76. The molecule has 0 saturated heterocycles. The van der Waals surface area contributed by atoms with Crippen molar-refractivity contribution >= 4 is 0 Å². The van der Waals surface area contributed by atoms with Gasteiger partial charge in [0.1, 0.15) is 6.54 Å². The van der Waals surface area contributed by atoms with E-state index in [4.69, 9.17) is 0 Å². The second-order valence-corrected chi connectivity index (χ2v) is 5.78. The van der Waals surface area contributed by atoms with Crippen LogP contribution in [-0.4, -0.2) is 35.2 Å². The van der Waals surface area contributed by atoms with Gasteiger partial charge in [0.2, 0.25) is 0 Å². The molecule has 0 bridgehead atoms. The molecule has 2 aromatic heterocycles. The summed E-state index contributed by atoms with van der Waals surface area (Å²) < 4.78 is 1.89. The van der Waals surface area contributed by atoms with Gasteiger partial charge in [0.05, 0.1) is 17.9 Å². The molecule has 18 heavy (non-hydrogen) atoms. The molecule has 0 radical (unpaired) electrons. The maximum Gasteiger partial charge on any atom is 0.174 e. The molecule has 2 heterocycles. The van der Waals surface area contributed by atoms with Gasteiger partial charge < -0.3 is 0 Å². The number of hydrogen-bond acceptors (Lipinski definition) is 5. The third kappa shape index (κ3) is 2.12. The lowest BCUT2D eigenvalue weighted by atomic mass is 9.93. The minimum Gasteiger partial charge on any atom is -0.225 e. The van der Waals surface area contributed by atoms with Crippen LogP contribution in [0.1, 0.15) is 51.2 Å². The summed E-state index contributed by atoms with van der Waals surface area (Å²) in [5.41, 5.74) is 0.994. The molecule has 0 aliphatic heterocycles. The summed E-state index contributed by atoms with van der Waals surface area (Å²) in [6, 6.07) is 0.479. The highest BCUT2D eigenvalue weighted by Gasteiger charge is 2.28. The first kappa shape index (κ1) is 11.3. The van der Waals surface area contributed by atoms with Crippen LogP contribution in [0.25, 0.3) is 0 Å². The molecule has 3 rings (SSSR count). The van der Waals surface area contributed by atoms with E-state index in [0.29, 0.717) is 12.6 Å². The van der Waals surface area contributed by atoms with Crippen LogP contribution < -0.4 is 0 Å². The van der Waals surface area contributed by atoms with Gasteiger partial charge in [-0.05, 0) is 23.3 Å². The average Bonchev–Trinajstić information content (AvgIpc) is 2.85. The zero-order chi connectivity index (χ0) is 12.8. The summed E-state index contributed by atoms with van der Waals surface area (Å²) in [6.45, 7) is 6.89. The maximum absolute atomic E-state index is 4.47. The molecule has 0 spiro atoms. The molecule has 1 aliphatic rings. The number of aromatic nitrogens is 7. The van der Waals surface area contributed by atoms with Crippen molar-refractivity contribution in [2.75, 3.05) is 0 Å². The topological polar surface area (TPSA) is 74.3 Å². The van der Waals surface area contributed by atoms with Gasteiger partial charge in [-0.3, -0.25) is 0 Å². The van der Waals surface area contributed by atoms with Crippen LogP contribution in [0.2, 0.25) is 0 Å². The highest BCUT2D eigenvalue weighted by atomic mass is 15.6. The van der Waals surface area contributed by atoms with Gasteiger partial charge in [-0.15, -0.1) is 5.10 Å². The second-order valence-electron chi connectivity index (χ2n) is 5.78. The summed E-state index contributed by atoms with van der Waals surface area (Å²) in [7, 11) is 0. The Kier molecular flexibility index (Phi) is 2.42. The molecular formula is C11H17N7. The van der Waals surface area contributed by atoms with Crippen molar-refractivity contribution in [2.45, 2.75) is 51.6 Å². The molecular weight excluding hydrogens is 230 g/mol. The molecule has 1 saturated carbocycles. The zero-order valence-electron chi connectivity index (χ0n) is 10.9. The van der Waals surface area contributed by atoms with Crippen molar-refractivity contribution in [3.05, 3.63) is 17.7 Å². The molecule has 1 fully saturated rings. The summed E-state index contributed by atoms with van der Waals surface area (Å²) in [5.74, 6) is 0.827.